The minimum atomic E-state index is -0.489. The smallest absolute Gasteiger partial charge is 0.410 e. The van der Waals surface area contributed by atoms with Gasteiger partial charge in [0.25, 0.3) is 0 Å². The second kappa shape index (κ2) is 6.21. The molecule has 0 N–H and O–H groups in total. The first-order valence-corrected chi connectivity index (χ1v) is 8.82. The van der Waals surface area contributed by atoms with Gasteiger partial charge in [-0.15, -0.1) is 0 Å². The number of fused-ring (bicyclic) bond motifs is 1. The Labute approximate surface area is 149 Å². The van der Waals surface area contributed by atoms with E-state index < -0.39 is 5.60 Å². The maximum absolute atomic E-state index is 12.4. The van der Waals surface area contributed by atoms with Gasteiger partial charge in [-0.25, -0.2) is 9.48 Å². The molecule has 0 saturated heterocycles. The molecule has 0 unspecified atom stereocenters. The second-order valence-corrected chi connectivity index (χ2v) is 7.97. The zero-order valence-electron chi connectivity index (χ0n) is 16.0. The topological polar surface area (TPSA) is 47.4 Å². The highest BCUT2D eigenvalue weighted by Gasteiger charge is 2.32. The van der Waals surface area contributed by atoms with Crippen LogP contribution in [0.5, 0.6) is 0 Å². The number of hydrogen-bond acceptors (Lipinski definition) is 3. The Balaban J connectivity index is 1.95. The van der Waals surface area contributed by atoms with Gasteiger partial charge in [-0.1, -0.05) is 32.0 Å². The number of ether oxygens (including phenoxy) is 1. The van der Waals surface area contributed by atoms with Gasteiger partial charge >= 0.3 is 6.09 Å². The van der Waals surface area contributed by atoms with E-state index in [1.807, 2.05) is 38.4 Å². The number of hydrogen-bond donors (Lipinski definition) is 0. The summed E-state index contributed by atoms with van der Waals surface area (Å²) in [6.07, 6.45) is -0.271. The lowest BCUT2D eigenvalue weighted by atomic mass is 10.0. The summed E-state index contributed by atoms with van der Waals surface area (Å²) in [6.45, 7) is 13.1. The lowest BCUT2D eigenvalue weighted by Crippen LogP contribution is -2.33. The average molecular weight is 341 g/mol. The maximum Gasteiger partial charge on any atom is 0.410 e. The molecule has 1 aromatic heterocycles. The van der Waals surface area contributed by atoms with Crippen molar-refractivity contribution in [2.75, 3.05) is 0 Å². The molecule has 1 amide bonds. The van der Waals surface area contributed by atoms with Crippen molar-refractivity contribution in [3.05, 3.63) is 46.8 Å². The summed E-state index contributed by atoms with van der Waals surface area (Å²) in [5, 5.41) is 4.75. The molecule has 0 fully saturated rings. The van der Waals surface area contributed by atoms with Crippen molar-refractivity contribution in [1.29, 1.82) is 0 Å². The molecule has 1 aliphatic rings. The standard InChI is InChI=1S/C20H27N3O2/c1-13(2)15-9-7-8-10-17(15)23-18-12-22(11-16(18)14(3)21-23)19(24)25-20(4,5)6/h7-10,13H,11-12H2,1-6H3. The third kappa shape index (κ3) is 3.41. The van der Waals surface area contributed by atoms with Crippen LogP contribution in [0.1, 0.15) is 63.1 Å². The molecule has 0 atom stereocenters. The van der Waals surface area contributed by atoms with Crippen LogP contribution >= 0.6 is 0 Å². The van der Waals surface area contributed by atoms with Gasteiger partial charge in [-0.05, 0) is 45.2 Å². The minimum Gasteiger partial charge on any atom is -0.444 e. The predicted octanol–water partition coefficient (Wildman–Crippen LogP) is 4.55. The minimum absolute atomic E-state index is 0.271. The number of aromatic nitrogens is 2. The lowest BCUT2D eigenvalue weighted by Gasteiger charge is -2.24. The van der Waals surface area contributed by atoms with Gasteiger partial charge in [0, 0.05) is 5.56 Å². The molecule has 5 nitrogen and oxygen atoms in total. The highest BCUT2D eigenvalue weighted by molar-refractivity contribution is 5.69. The van der Waals surface area contributed by atoms with Gasteiger partial charge in [-0.2, -0.15) is 5.10 Å². The largest absolute Gasteiger partial charge is 0.444 e. The normalized spacial score (nSPS) is 14.1. The molecule has 3 rings (SSSR count). The summed E-state index contributed by atoms with van der Waals surface area (Å²) >= 11 is 0. The van der Waals surface area contributed by atoms with Crippen LogP contribution in [0.25, 0.3) is 5.69 Å². The van der Waals surface area contributed by atoms with E-state index in [4.69, 9.17) is 9.84 Å². The third-order valence-electron chi connectivity index (χ3n) is 4.42. The van der Waals surface area contributed by atoms with Crippen LogP contribution < -0.4 is 0 Å². The number of amides is 1. The molecule has 0 saturated carbocycles. The second-order valence-electron chi connectivity index (χ2n) is 7.97. The van der Waals surface area contributed by atoms with Crippen LogP contribution in [0, 0.1) is 6.92 Å². The van der Waals surface area contributed by atoms with Crippen LogP contribution in [-0.2, 0) is 17.8 Å². The number of nitrogens with zero attached hydrogens (tertiary/aromatic N) is 3. The van der Waals surface area contributed by atoms with E-state index in [9.17, 15) is 4.79 Å². The van der Waals surface area contributed by atoms with E-state index in [2.05, 4.69) is 32.0 Å². The molecule has 0 radical (unpaired) electrons. The first-order valence-electron chi connectivity index (χ1n) is 8.82. The van der Waals surface area contributed by atoms with Gasteiger partial charge in [0.15, 0.2) is 0 Å². The van der Waals surface area contributed by atoms with Gasteiger partial charge in [0.1, 0.15) is 5.60 Å². The molecule has 0 spiro atoms. The zero-order valence-corrected chi connectivity index (χ0v) is 16.0. The van der Waals surface area contributed by atoms with Gasteiger partial charge in [0.05, 0.1) is 30.2 Å². The molecule has 0 aliphatic carbocycles. The van der Waals surface area contributed by atoms with E-state index in [0.717, 1.165) is 22.6 Å². The number of benzene rings is 1. The monoisotopic (exact) mass is 341 g/mol. The molecule has 1 aromatic carbocycles. The Bertz CT molecular complexity index is 800. The number of carbonyl (C=O) groups is 1. The summed E-state index contributed by atoms with van der Waals surface area (Å²) in [6, 6.07) is 8.33. The van der Waals surface area contributed by atoms with E-state index in [1.165, 1.54) is 5.56 Å². The van der Waals surface area contributed by atoms with Crippen molar-refractivity contribution < 1.29 is 9.53 Å². The number of para-hydroxylation sites is 1. The maximum atomic E-state index is 12.4. The van der Waals surface area contributed by atoms with Crippen LogP contribution in [0.15, 0.2) is 24.3 Å². The van der Waals surface area contributed by atoms with Crippen LogP contribution in [0.4, 0.5) is 4.79 Å². The summed E-state index contributed by atoms with van der Waals surface area (Å²) in [5.74, 6) is 0.403. The fraction of sp³-hybridized carbons (Fsp3) is 0.500. The van der Waals surface area contributed by atoms with Crippen LogP contribution in [0.3, 0.4) is 0 Å². The Morgan fingerprint density at radius 2 is 1.88 bits per heavy atom. The van der Waals surface area contributed by atoms with Crippen molar-refractivity contribution in [3.63, 3.8) is 0 Å². The van der Waals surface area contributed by atoms with Crippen molar-refractivity contribution in [1.82, 2.24) is 14.7 Å². The molecule has 25 heavy (non-hydrogen) atoms. The molecule has 1 aliphatic heterocycles. The molecule has 2 heterocycles. The molecular weight excluding hydrogens is 314 g/mol. The summed E-state index contributed by atoms with van der Waals surface area (Å²) < 4.78 is 7.53. The number of aryl methyl sites for hydroxylation is 1. The highest BCUT2D eigenvalue weighted by atomic mass is 16.6. The van der Waals surface area contributed by atoms with E-state index >= 15 is 0 Å². The number of rotatable bonds is 2. The average Bonchev–Trinajstić information content (AvgIpc) is 3.07. The summed E-state index contributed by atoms with van der Waals surface area (Å²) in [5.41, 5.74) is 5.04. The lowest BCUT2D eigenvalue weighted by molar-refractivity contribution is 0.0238. The van der Waals surface area contributed by atoms with Crippen LogP contribution in [-0.4, -0.2) is 26.4 Å². The third-order valence-corrected chi connectivity index (χ3v) is 4.42. The highest BCUT2D eigenvalue weighted by Crippen LogP contribution is 2.31. The van der Waals surface area contributed by atoms with Crippen molar-refractivity contribution in [3.8, 4) is 5.69 Å². The van der Waals surface area contributed by atoms with Gasteiger partial charge < -0.3 is 4.74 Å². The van der Waals surface area contributed by atoms with Crippen molar-refractivity contribution in [2.45, 2.75) is 66.2 Å². The van der Waals surface area contributed by atoms with E-state index in [0.29, 0.717) is 19.0 Å². The first kappa shape index (κ1) is 17.5. The fourth-order valence-corrected chi connectivity index (χ4v) is 3.23. The Morgan fingerprint density at radius 3 is 2.52 bits per heavy atom. The summed E-state index contributed by atoms with van der Waals surface area (Å²) in [4.78, 5) is 14.2. The summed E-state index contributed by atoms with van der Waals surface area (Å²) in [7, 11) is 0. The Kier molecular flexibility index (Phi) is 4.35. The van der Waals surface area contributed by atoms with E-state index in [-0.39, 0.29) is 6.09 Å². The first-order chi connectivity index (χ1) is 11.7. The van der Waals surface area contributed by atoms with Crippen molar-refractivity contribution >= 4 is 6.09 Å². The van der Waals surface area contributed by atoms with Gasteiger partial charge in [0.2, 0.25) is 0 Å². The zero-order chi connectivity index (χ0) is 18.4. The predicted molar refractivity (Wildman–Crippen MR) is 97.9 cm³/mol. The molecule has 2 aromatic rings. The Morgan fingerprint density at radius 1 is 1.20 bits per heavy atom. The fourth-order valence-electron chi connectivity index (χ4n) is 3.23. The molecule has 134 valence electrons. The van der Waals surface area contributed by atoms with E-state index in [1.54, 1.807) is 4.90 Å². The molecule has 5 heteroatoms. The van der Waals surface area contributed by atoms with Gasteiger partial charge in [-0.3, -0.25) is 4.90 Å². The van der Waals surface area contributed by atoms with Crippen molar-refractivity contribution in [2.24, 2.45) is 0 Å². The number of carbonyl (C=O) groups excluding carboxylic acids is 1. The molecule has 0 bridgehead atoms. The SMILES string of the molecule is Cc1nn(-c2ccccc2C(C)C)c2c1CN(C(=O)OC(C)(C)C)C2. The quantitative estimate of drug-likeness (QED) is 0.805. The van der Waals surface area contributed by atoms with Crippen LogP contribution in [0.2, 0.25) is 0 Å². The molecular formula is C20H27N3O2. The Hall–Kier alpha value is -2.30.